The summed E-state index contributed by atoms with van der Waals surface area (Å²) in [6, 6.07) is 11.5. The van der Waals surface area contributed by atoms with E-state index in [4.69, 9.17) is 0 Å². The number of nitrogens with one attached hydrogen (secondary N) is 1. The summed E-state index contributed by atoms with van der Waals surface area (Å²) in [5.41, 5.74) is 3.49. The smallest absolute Gasteiger partial charge is 0.230 e. The van der Waals surface area contributed by atoms with Gasteiger partial charge < -0.3 is 0 Å². The zero-order valence-electron chi connectivity index (χ0n) is 13.3. The molecule has 0 fully saturated rings. The summed E-state index contributed by atoms with van der Waals surface area (Å²) >= 11 is 1.23. The molecule has 2 aromatic heterocycles. The van der Waals surface area contributed by atoms with Crippen molar-refractivity contribution < 1.29 is 9.18 Å². The van der Waals surface area contributed by atoms with Gasteiger partial charge in [0.15, 0.2) is 5.13 Å². The van der Waals surface area contributed by atoms with Crippen LogP contribution in [0.25, 0.3) is 0 Å². The minimum atomic E-state index is -0.486. The summed E-state index contributed by atoms with van der Waals surface area (Å²) in [6.07, 6.45) is 3.16. The van der Waals surface area contributed by atoms with E-state index in [9.17, 15) is 9.18 Å². The molecule has 2 heterocycles. The molecule has 3 rings (SSSR count). The number of aromatic nitrogens is 2. The molecule has 0 atom stereocenters. The maximum Gasteiger partial charge on any atom is 0.230 e. The van der Waals surface area contributed by atoms with Crippen molar-refractivity contribution in [2.45, 2.75) is 6.92 Å². The summed E-state index contributed by atoms with van der Waals surface area (Å²) in [4.78, 5) is 21.6. The predicted octanol–water partition coefficient (Wildman–Crippen LogP) is 3.81. The highest BCUT2D eigenvalue weighted by atomic mass is 32.1. The Morgan fingerprint density at radius 1 is 1.28 bits per heavy atom. The van der Waals surface area contributed by atoms with E-state index in [1.165, 1.54) is 41.5 Å². The van der Waals surface area contributed by atoms with Crippen molar-refractivity contribution in [1.82, 2.24) is 9.97 Å². The molecule has 0 aliphatic carbocycles. The number of thiazole rings is 1. The third kappa shape index (κ3) is 4.04. The van der Waals surface area contributed by atoms with Crippen LogP contribution in [0.15, 0.2) is 59.1 Å². The van der Waals surface area contributed by atoms with E-state index in [1.807, 2.05) is 6.07 Å². The minimum absolute atomic E-state index is 0.166. The van der Waals surface area contributed by atoms with Gasteiger partial charge in [-0.15, -0.1) is 11.3 Å². The van der Waals surface area contributed by atoms with Gasteiger partial charge in [-0.25, -0.2) is 14.4 Å². The van der Waals surface area contributed by atoms with Crippen LogP contribution >= 0.6 is 11.3 Å². The lowest BCUT2D eigenvalue weighted by Crippen LogP contribution is -2.23. The van der Waals surface area contributed by atoms with Gasteiger partial charge in [0.25, 0.3) is 0 Å². The summed E-state index contributed by atoms with van der Waals surface area (Å²) in [6.45, 7) is 1.37. The molecule has 0 unspecified atom stereocenters. The highest BCUT2D eigenvalue weighted by Crippen LogP contribution is 2.30. The fraction of sp³-hybridized carbons (Fsp3) is 0.0588. The molecule has 6 nitrogen and oxygen atoms in total. The van der Waals surface area contributed by atoms with Gasteiger partial charge in [-0.3, -0.25) is 15.1 Å². The average Bonchev–Trinajstić information content (AvgIpc) is 3.06. The molecule has 0 aliphatic heterocycles. The number of rotatable bonds is 5. The number of nitrogens with zero attached hydrogens (tertiary/aromatic N) is 4. The topological polar surface area (TPSA) is 70.5 Å². The van der Waals surface area contributed by atoms with Gasteiger partial charge in [-0.1, -0.05) is 18.2 Å². The van der Waals surface area contributed by atoms with E-state index in [-0.39, 0.29) is 11.6 Å². The van der Waals surface area contributed by atoms with Crippen LogP contribution in [-0.2, 0) is 4.79 Å². The SMILES string of the molecule is CC(=O)N(c1nc(/C=N\Nc2ccccn2)cs1)c1ccccc1F. The van der Waals surface area contributed by atoms with Crippen LogP contribution in [0.3, 0.4) is 0 Å². The molecule has 1 N–H and O–H groups in total. The van der Waals surface area contributed by atoms with E-state index in [0.717, 1.165) is 0 Å². The zero-order valence-corrected chi connectivity index (χ0v) is 14.1. The lowest BCUT2D eigenvalue weighted by Gasteiger charge is -2.18. The monoisotopic (exact) mass is 355 g/mol. The van der Waals surface area contributed by atoms with Crippen LogP contribution in [0, 0.1) is 5.82 Å². The lowest BCUT2D eigenvalue weighted by molar-refractivity contribution is -0.115. The van der Waals surface area contributed by atoms with Crippen LogP contribution in [0.4, 0.5) is 21.0 Å². The van der Waals surface area contributed by atoms with Gasteiger partial charge in [0.1, 0.15) is 11.6 Å². The van der Waals surface area contributed by atoms with Crippen LogP contribution in [0.1, 0.15) is 12.6 Å². The standard InChI is InChI=1S/C17H14FN5OS/c1-12(24)23(15-7-3-2-6-14(15)18)17-21-13(11-25-17)10-20-22-16-8-4-5-9-19-16/h2-11H,1H3,(H,19,22)/b20-10-. The Hall–Kier alpha value is -3.13. The Morgan fingerprint density at radius 2 is 2.08 bits per heavy atom. The van der Waals surface area contributed by atoms with Crippen molar-refractivity contribution in [3.05, 3.63) is 65.6 Å². The lowest BCUT2D eigenvalue weighted by atomic mass is 10.3. The highest BCUT2D eigenvalue weighted by molar-refractivity contribution is 7.14. The van der Waals surface area contributed by atoms with E-state index in [1.54, 1.807) is 35.8 Å². The van der Waals surface area contributed by atoms with Crippen LogP contribution in [-0.4, -0.2) is 22.1 Å². The van der Waals surface area contributed by atoms with Gasteiger partial charge >= 0.3 is 0 Å². The molecule has 0 saturated heterocycles. The van der Waals surface area contributed by atoms with Gasteiger partial charge in [-0.05, 0) is 24.3 Å². The Labute approximate surface area is 147 Å². The first kappa shape index (κ1) is 16.7. The number of hydrogen-bond acceptors (Lipinski definition) is 6. The summed E-state index contributed by atoms with van der Waals surface area (Å²) < 4.78 is 14.0. The number of carbonyl (C=O) groups excluding carboxylic acids is 1. The molecule has 3 aromatic rings. The molecule has 1 amide bonds. The Bertz CT molecular complexity index is 897. The number of para-hydroxylation sites is 1. The average molecular weight is 355 g/mol. The Balaban J connectivity index is 1.79. The molecule has 8 heteroatoms. The summed E-state index contributed by atoms with van der Waals surface area (Å²) in [5, 5.41) is 6.15. The van der Waals surface area contributed by atoms with Gasteiger partial charge in [0.05, 0.1) is 17.6 Å². The van der Waals surface area contributed by atoms with E-state index in [0.29, 0.717) is 16.6 Å². The Kier molecular flexibility index (Phi) is 5.10. The van der Waals surface area contributed by atoms with Gasteiger partial charge in [-0.2, -0.15) is 5.10 Å². The zero-order chi connectivity index (χ0) is 17.6. The Morgan fingerprint density at radius 3 is 2.80 bits per heavy atom. The molecule has 0 spiro atoms. The third-order valence-electron chi connectivity index (χ3n) is 3.15. The van der Waals surface area contributed by atoms with Crippen molar-refractivity contribution in [2.24, 2.45) is 5.10 Å². The number of carbonyl (C=O) groups is 1. The number of anilines is 3. The van der Waals surface area contributed by atoms with Crippen molar-refractivity contribution in [3.8, 4) is 0 Å². The van der Waals surface area contributed by atoms with Gasteiger partial charge in [0, 0.05) is 18.5 Å². The normalized spacial score (nSPS) is 10.8. The number of hydrazone groups is 1. The number of amides is 1. The molecule has 0 bridgehead atoms. The quantitative estimate of drug-likeness (QED) is 0.558. The first-order valence-corrected chi connectivity index (χ1v) is 8.24. The predicted molar refractivity (Wildman–Crippen MR) is 96.8 cm³/mol. The second kappa shape index (κ2) is 7.63. The minimum Gasteiger partial charge on any atom is -0.274 e. The van der Waals surface area contributed by atoms with E-state index < -0.39 is 5.82 Å². The van der Waals surface area contributed by atoms with Crippen molar-refractivity contribution in [3.63, 3.8) is 0 Å². The summed E-state index contributed by atoms with van der Waals surface area (Å²) in [5.74, 6) is -0.208. The first-order valence-electron chi connectivity index (χ1n) is 7.36. The molecule has 25 heavy (non-hydrogen) atoms. The number of pyridine rings is 1. The molecular weight excluding hydrogens is 341 g/mol. The largest absolute Gasteiger partial charge is 0.274 e. The third-order valence-corrected chi connectivity index (χ3v) is 3.99. The molecule has 0 radical (unpaired) electrons. The second-order valence-corrected chi connectivity index (χ2v) is 5.78. The van der Waals surface area contributed by atoms with Gasteiger partial charge in [0.2, 0.25) is 5.91 Å². The van der Waals surface area contributed by atoms with Crippen LogP contribution in [0.2, 0.25) is 0 Å². The molecule has 0 aliphatic rings. The fourth-order valence-electron chi connectivity index (χ4n) is 2.07. The maximum atomic E-state index is 14.0. The number of halogens is 1. The second-order valence-electron chi connectivity index (χ2n) is 4.95. The fourth-order valence-corrected chi connectivity index (χ4v) is 2.90. The molecular formula is C17H14FN5OS. The number of benzene rings is 1. The first-order chi connectivity index (χ1) is 12.1. The molecule has 126 valence electrons. The maximum absolute atomic E-state index is 14.0. The van der Waals surface area contributed by atoms with Crippen LogP contribution < -0.4 is 10.3 Å². The molecule has 0 saturated carbocycles. The van der Waals surface area contributed by atoms with E-state index >= 15 is 0 Å². The van der Waals surface area contributed by atoms with Crippen molar-refractivity contribution in [1.29, 1.82) is 0 Å². The van der Waals surface area contributed by atoms with Crippen molar-refractivity contribution in [2.75, 3.05) is 10.3 Å². The summed E-state index contributed by atoms with van der Waals surface area (Å²) in [7, 11) is 0. The highest BCUT2D eigenvalue weighted by Gasteiger charge is 2.20. The van der Waals surface area contributed by atoms with Crippen molar-refractivity contribution >= 4 is 40.1 Å². The van der Waals surface area contributed by atoms with E-state index in [2.05, 4.69) is 20.5 Å². The number of hydrogen-bond donors (Lipinski definition) is 1. The molecule has 1 aromatic carbocycles. The van der Waals surface area contributed by atoms with Crippen LogP contribution in [0.5, 0.6) is 0 Å².